The van der Waals surface area contributed by atoms with Crippen molar-refractivity contribution < 1.29 is 14.2 Å². The van der Waals surface area contributed by atoms with Crippen LogP contribution in [-0.2, 0) is 14.2 Å². The molecular formula is C15H31NO3. The van der Waals surface area contributed by atoms with Crippen molar-refractivity contribution in [2.45, 2.75) is 45.1 Å². The van der Waals surface area contributed by atoms with E-state index < -0.39 is 0 Å². The Hall–Kier alpha value is -0.160. The number of nitrogens with one attached hydrogen (secondary N) is 1. The molecule has 0 heterocycles. The summed E-state index contributed by atoms with van der Waals surface area (Å²) >= 11 is 0. The molecule has 0 aromatic rings. The molecule has 1 aliphatic rings. The molecule has 4 nitrogen and oxygen atoms in total. The molecule has 1 saturated carbocycles. The van der Waals surface area contributed by atoms with Crippen molar-refractivity contribution >= 4 is 0 Å². The number of methoxy groups -OCH3 is 1. The smallest absolute Gasteiger partial charge is 0.0701 e. The minimum absolute atomic E-state index is 0.651. The van der Waals surface area contributed by atoms with E-state index in [1.807, 2.05) is 0 Å². The van der Waals surface area contributed by atoms with E-state index in [0.29, 0.717) is 32.5 Å². The van der Waals surface area contributed by atoms with E-state index in [9.17, 15) is 0 Å². The van der Waals surface area contributed by atoms with Crippen molar-refractivity contribution in [3.05, 3.63) is 0 Å². The van der Waals surface area contributed by atoms with Gasteiger partial charge >= 0.3 is 0 Å². The van der Waals surface area contributed by atoms with Gasteiger partial charge in [-0.05, 0) is 18.8 Å². The van der Waals surface area contributed by atoms with Crippen LogP contribution in [0.3, 0.4) is 0 Å². The molecule has 0 radical (unpaired) electrons. The zero-order valence-corrected chi connectivity index (χ0v) is 12.7. The molecule has 0 aromatic carbocycles. The van der Waals surface area contributed by atoms with Crippen LogP contribution in [0.5, 0.6) is 0 Å². The Morgan fingerprint density at radius 1 is 0.947 bits per heavy atom. The fourth-order valence-electron chi connectivity index (χ4n) is 2.75. The first kappa shape index (κ1) is 16.9. The lowest BCUT2D eigenvalue weighted by Crippen LogP contribution is -2.40. The quantitative estimate of drug-likeness (QED) is 0.586. The fraction of sp³-hybridized carbons (Fsp3) is 1.00. The van der Waals surface area contributed by atoms with Gasteiger partial charge in [-0.3, -0.25) is 0 Å². The van der Waals surface area contributed by atoms with Crippen LogP contribution in [-0.4, -0.2) is 52.7 Å². The summed E-state index contributed by atoms with van der Waals surface area (Å²) < 4.78 is 15.8. The van der Waals surface area contributed by atoms with Crippen LogP contribution in [0.25, 0.3) is 0 Å². The Morgan fingerprint density at radius 2 is 1.63 bits per heavy atom. The predicted molar refractivity (Wildman–Crippen MR) is 77.6 cm³/mol. The van der Waals surface area contributed by atoms with Gasteiger partial charge in [-0.25, -0.2) is 0 Å². The molecule has 0 aliphatic heterocycles. The van der Waals surface area contributed by atoms with Crippen molar-refractivity contribution in [1.82, 2.24) is 5.32 Å². The first-order valence-electron chi connectivity index (χ1n) is 7.76. The Morgan fingerprint density at radius 3 is 2.37 bits per heavy atom. The molecule has 4 heteroatoms. The molecule has 0 spiro atoms. The van der Waals surface area contributed by atoms with E-state index in [0.717, 1.165) is 19.1 Å². The second-order valence-electron chi connectivity index (χ2n) is 5.23. The van der Waals surface area contributed by atoms with Gasteiger partial charge in [-0.2, -0.15) is 0 Å². The Bertz CT molecular complexity index is 202. The molecule has 2 atom stereocenters. The maximum atomic E-state index is 5.55. The van der Waals surface area contributed by atoms with Gasteiger partial charge in [0.25, 0.3) is 0 Å². The topological polar surface area (TPSA) is 39.7 Å². The number of rotatable bonds is 11. The highest BCUT2D eigenvalue weighted by molar-refractivity contribution is 4.79. The normalized spacial score (nSPS) is 23.7. The lowest BCUT2D eigenvalue weighted by atomic mass is 9.83. The van der Waals surface area contributed by atoms with Crippen molar-refractivity contribution in [2.24, 2.45) is 5.92 Å². The average Bonchev–Trinajstić information content (AvgIpc) is 2.46. The first-order valence-corrected chi connectivity index (χ1v) is 7.76. The van der Waals surface area contributed by atoms with Gasteiger partial charge in [0.15, 0.2) is 0 Å². The second-order valence-corrected chi connectivity index (χ2v) is 5.23. The summed E-state index contributed by atoms with van der Waals surface area (Å²) in [5.41, 5.74) is 0. The van der Waals surface area contributed by atoms with Crippen LogP contribution in [0, 0.1) is 5.92 Å². The Labute approximate surface area is 118 Å². The molecule has 0 aromatic heterocycles. The molecular weight excluding hydrogens is 242 g/mol. The second kappa shape index (κ2) is 11.6. The van der Waals surface area contributed by atoms with Crippen molar-refractivity contribution in [3.8, 4) is 0 Å². The summed E-state index contributed by atoms with van der Waals surface area (Å²) in [4.78, 5) is 0. The summed E-state index contributed by atoms with van der Waals surface area (Å²) in [6.07, 6.45) is 6.81. The van der Waals surface area contributed by atoms with E-state index in [1.54, 1.807) is 7.11 Å². The molecule has 1 aliphatic carbocycles. The van der Waals surface area contributed by atoms with Gasteiger partial charge in [-0.15, -0.1) is 0 Å². The van der Waals surface area contributed by atoms with Gasteiger partial charge < -0.3 is 19.5 Å². The summed E-state index contributed by atoms with van der Waals surface area (Å²) in [5, 5.41) is 3.65. The zero-order valence-electron chi connectivity index (χ0n) is 12.7. The monoisotopic (exact) mass is 273 g/mol. The number of hydrogen-bond acceptors (Lipinski definition) is 4. The van der Waals surface area contributed by atoms with Crippen LogP contribution in [0.4, 0.5) is 0 Å². The summed E-state index contributed by atoms with van der Waals surface area (Å²) in [7, 11) is 1.68. The van der Waals surface area contributed by atoms with E-state index in [1.165, 1.54) is 32.1 Å². The van der Waals surface area contributed by atoms with Crippen molar-refractivity contribution in [2.75, 3.05) is 46.7 Å². The Kier molecular flexibility index (Phi) is 10.4. The summed E-state index contributed by atoms with van der Waals surface area (Å²) in [6.45, 7) is 6.68. The molecule has 0 saturated heterocycles. The first-order chi connectivity index (χ1) is 9.38. The molecule has 0 amide bonds. The highest BCUT2D eigenvalue weighted by Gasteiger charge is 2.22. The highest BCUT2D eigenvalue weighted by Crippen LogP contribution is 2.26. The van der Waals surface area contributed by atoms with Crippen molar-refractivity contribution in [3.63, 3.8) is 0 Å². The Balaban J connectivity index is 1.89. The molecule has 19 heavy (non-hydrogen) atoms. The van der Waals surface area contributed by atoms with Gasteiger partial charge in [0, 0.05) is 19.7 Å². The van der Waals surface area contributed by atoms with Gasteiger partial charge in [-0.1, -0.05) is 26.2 Å². The minimum atomic E-state index is 0.651. The van der Waals surface area contributed by atoms with Gasteiger partial charge in [0.2, 0.25) is 0 Å². The van der Waals surface area contributed by atoms with Crippen LogP contribution in [0.1, 0.15) is 39.0 Å². The summed E-state index contributed by atoms with van der Waals surface area (Å²) in [6, 6.07) is 0.709. The molecule has 1 N–H and O–H groups in total. The third-order valence-electron chi connectivity index (χ3n) is 3.89. The lowest BCUT2D eigenvalue weighted by molar-refractivity contribution is 0.0246. The third kappa shape index (κ3) is 7.88. The minimum Gasteiger partial charge on any atom is -0.382 e. The predicted octanol–water partition coefficient (Wildman–Crippen LogP) is 2.22. The largest absolute Gasteiger partial charge is 0.382 e. The van der Waals surface area contributed by atoms with E-state index >= 15 is 0 Å². The molecule has 0 bridgehead atoms. The maximum absolute atomic E-state index is 5.55. The number of ether oxygens (including phenoxy) is 3. The van der Waals surface area contributed by atoms with Gasteiger partial charge in [0.05, 0.1) is 33.0 Å². The lowest BCUT2D eigenvalue weighted by Gasteiger charge is -2.31. The van der Waals surface area contributed by atoms with Crippen LogP contribution in [0.15, 0.2) is 0 Å². The maximum Gasteiger partial charge on any atom is 0.0701 e. The van der Waals surface area contributed by atoms with Crippen LogP contribution >= 0.6 is 0 Å². The van der Waals surface area contributed by atoms with E-state index in [-0.39, 0.29) is 0 Å². The third-order valence-corrected chi connectivity index (χ3v) is 3.89. The van der Waals surface area contributed by atoms with Crippen molar-refractivity contribution in [1.29, 1.82) is 0 Å². The standard InChI is InChI=1S/C15H31NO3/c1-3-14-6-4-5-7-15(14)16-8-9-18-12-13-19-11-10-17-2/h14-16H,3-13H2,1-2H3. The van der Waals surface area contributed by atoms with E-state index in [2.05, 4.69) is 12.2 Å². The summed E-state index contributed by atoms with van der Waals surface area (Å²) in [5.74, 6) is 0.867. The molecule has 2 unspecified atom stereocenters. The SMILES string of the molecule is CCC1CCCCC1NCCOCCOCCOC. The zero-order chi connectivity index (χ0) is 13.8. The molecule has 114 valence electrons. The fourth-order valence-corrected chi connectivity index (χ4v) is 2.75. The number of hydrogen-bond donors (Lipinski definition) is 1. The van der Waals surface area contributed by atoms with Crippen LogP contribution < -0.4 is 5.32 Å². The highest BCUT2D eigenvalue weighted by atomic mass is 16.5. The van der Waals surface area contributed by atoms with Crippen LogP contribution in [0.2, 0.25) is 0 Å². The molecule has 1 rings (SSSR count). The molecule has 1 fully saturated rings. The average molecular weight is 273 g/mol. The van der Waals surface area contributed by atoms with E-state index in [4.69, 9.17) is 14.2 Å². The van der Waals surface area contributed by atoms with Gasteiger partial charge in [0.1, 0.15) is 0 Å².